The standard InChI is InChI=1S/C25H27BrFNO5S/c1-17(25(29)23-13-8-20(27)14-24(23)26)34(30,31)28(15-18-4-9-21(32-2)10-5-18)16-19-6-11-22(33-3)12-7-19/h4-14,17,25,29H,15-16H2,1-3H3/t17-,25-/m1/s1. The molecule has 0 aliphatic carbocycles. The van der Waals surface area contributed by atoms with Crippen LogP contribution in [0.2, 0.25) is 0 Å². The van der Waals surface area contributed by atoms with Crippen molar-refractivity contribution in [2.75, 3.05) is 14.2 Å². The molecule has 0 spiro atoms. The third-order valence-corrected chi connectivity index (χ3v) is 8.45. The maximum Gasteiger partial charge on any atom is 0.220 e. The predicted molar refractivity (Wildman–Crippen MR) is 133 cm³/mol. The number of hydrogen-bond acceptors (Lipinski definition) is 5. The second-order valence-electron chi connectivity index (χ2n) is 7.82. The van der Waals surface area contributed by atoms with Gasteiger partial charge in [-0.1, -0.05) is 46.3 Å². The summed E-state index contributed by atoms with van der Waals surface area (Å²) in [5.74, 6) is 0.843. The van der Waals surface area contributed by atoms with Gasteiger partial charge in [-0.05, 0) is 60.0 Å². The molecule has 0 saturated carbocycles. The van der Waals surface area contributed by atoms with Gasteiger partial charge in [-0.3, -0.25) is 0 Å². The van der Waals surface area contributed by atoms with E-state index in [9.17, 15) is 17.9 Å². The minimum Gasteiger partial charge on any atom is -0.497 e. The fourth-order valence-electron chi connectivity index (χ4n) is 3.50. The van der Waals surface area contributed by atoms with Gasteiger partial charge in [-0.25, -0.2) is 12.8 Å². The zero-order chi connectivity index (χ0) is 24.9. The Morgan fingerprint density at radius 1 is 0.912 bits per heavy atom. The number of methoxy groups -OCH3 is 2. The molecule has 3 aromatic rings. The third-order valence-electron chi connectivity index (χ3n) is 5.59. The monoisotopic (exact) mass is 551 g/mol. The van der Waals surface area contributed by atoms with E-state index < -0.39 is 27.2 Å². The SMILES string of the molecule is COc1ccc(CN(Cc2ccc(OC)cc2)S(=O)(=O)[C@H](C)[C@@H](O)c2ccc(F)cc2Br)cc1. The van der Waals surface area contributed by atoms with Crippen LogP contribution in [0.1, 0.15) is 29.7 Å². The van der Waals surface area contributed by atoms with E-state index >= 15 is 0 Å². The quantitative estimate of drug-likeness (QED) is 0.381. The van der Waals surface area contributed by atoms with Crippen molar-refractivity contribution in [3.8, 4) is 11.5 Å². The van der Waals surface area contributed by atoms with E-state index in [0.717, 1.165) is 11.1 Å². The van der Waals surface area contributed by atoms with Gasteiger partial charge in [-0.2, -0.15) is 4.31 Å². The lowest BCUT2D eigenvalue weighted by Gasteiger charge is -2.29. The summed E-state index contributed by atoms with van der Waals surface area (Å²) < 4.78 is 52.9. The summed E-state index contributed by atoms with van der Waals surface area (Å²) in [6, 6.07) is 18.0. The van der Waals surface area contributed by atoms with Crippen molar-refractivity contribution in [3.05, 3.63) is 93.7 Å². The van der Waals surface area contributed by atoms with Gasteiger partial charge in [0.1, 0.15) is 22.6 Å². The zero-order valence-corrected chi connectivity index (χ0v) is 21.5. The van der Waals surface area contributed by atoms with E-state index in [2.05, 4.69) is 15.9 Å². The number of sulfonamides is 1. The molecule has 3 aromatic carbocycles. The number of halogens is 2. The average Bonchev–Trinajstić information content (AvgIpc) is 2.83. The van der Waals surface area contributed by atoms with Crippen molar-refractivity contribution in [3.63, 3.8) is 0 Å². The summed E-state index contributed by atoms with van der Waals surface area (Å²) in [5.41, 5.74) is 1.83. The van der Waals surface area contributed by atoms with Gasteiger partial charge in [0.25, 0.3) is 0 Å². The second-order valence-corrected chi connectivity index (χ2v) is 11.0. The minimum absolute atomic E-state index is 0.0972. The van der Waals surface area contributed by atoms with Crippen molar-refractivity contribution in [2.24, 2.45) is 0 Å². The molecular formula is C25H27BrFNO5S. The summed E-state index contributed by atoms with van der Waals surface area (Å²) in [6.07, 6.45) is -1.37. The predicted octanol–water partition coefficient (Wildman–Crippen LogP) is 5.06. The van der Waals surface area contributed by atoms with Crippen LogP contribution in [-0.2, 0) is 23.1 Å². The van der Waals surface area contributed by atoms with Gasteiger partial charge in [0.15, 0.2) is 0 Å². The first-order chi connectivity index (χ1) is 16.1. The van der Waals surface area contributed by atoms with E-state index in [0.29, 0.717) is 21.5 Å². The van der Waals surface area contributed by atoms with Crippen LogP contribution in [0.15, 0.2) is 71.2 Å². The molecule has 0 saturated heterocycles. The lowest BCUT2D eigenvalue weighted by molar-refractivity contribution is 0.171. The fourth-order valence-corrected chi connectivity index (χ4v) is 5.68. The Labute approximate surface area is 208 Å². The lowest BCUT2D eigenvalue weighted by Crippen LogP contribution is -2.39. The molecule has 9 heteroatoms. The molecular weight excluding hydrogens is 525 g/mol. The summed E-state index contributed by atoms with van der Waals surface area (Å²) in [5, 5.41) is 9.73. The van der Waals surface area contributed by atoms with Gasteiger partial charge in [0.05, 0.1) is 20.3 Å². The van der Waals surface area contributed by atoms with Crippen molar-refractivity contribution in [1.29, 1.82) is 0 Å². The maximum atomic E-state index is 13.7. The van der Waals surface area contributed by atoms with Crippen molar-refractivity contribution >= 4 is 26.0 Å². The molecule has 0 fully saturated rings. The molecule has 34 heavy (non-hydrogen) atoms. The Hall–Kier alpha value is -2.46. The van der Waals surface area contributed by atoms with Crippen LogP contribution in [-0.4, -0.2) is 37.3 Å². The van der Waals surface area contributed by atoms with Crippen LogP contribution in [0.3, 0.4) is 0 Å². The highest BCUT2D eigenvalue weighted by atomic mass is 79.9. The van der Waals surface area contributed by atoms with E-state index in [4.69, 9.17) is 9.47 Å². The van der Waals surface area contributed by atoms with Crippen LogP contribution < -0.4 is 9.47 Å². The zero-order valence-electron chi connectivity index (χ0n) is 19.1. The molecule has 0 unspecified atom stereocenters. The number of nitrogens with zero attached hydrogens (tertiary/aromatic N) is 1. The summed E-state index contributed by atoms with van der Waals surface area (Å²) in [4.78, 5) is 0. The van der Waals surface area contributed by atoms with Crippen molar-refractivity contribution < 1.29 is 27.4 Å². The number of benzene rings is 3. The summed E-state index contributed by atoms with van der Waals surface area (Å²) in [7, 11) is -0.874. The van der Waals surface area contributed by atoms with Gasteiger partial charge in [0.2, 0.25) is 10.0 Å². The molecule has 2 atom stereocenters. The van der Waals surface area contributed by atoms with E-state index in [1.54, 1.807) is 62.8 Å². The van der Waals surface area contributed by atoms with Gasteiger partial charge >= 0.3 is 0 Å². The first-order valence-electron chi connectivity index (χ1n) is 10.5. The van der Waals surface area contributed by atoms with Crippen LogP contribution in [0, 0.1) is 5.82 Å². The van der Waals surface area contributed by atoms with Gasteiger partial charge in [-0.15, -0.1) is 0 Å². The third kappa shape index (κ3) is 6.15. The molecule has 0 radical (unpaired) electrons. The largest absolute Gasteiger partial charge is 0.497 e. The molecule has 1 N–H and O–H groups in total. The molecule has 0 amide bonds. The Bertz CT molecular complexity index is 1150. The molecule has 3 rings (SSSR count). The van der Waals surface area contributed by atoms with Gasteiger partial charge in [0, 0.05) is 17.6 Å². The van der Waals surface area contributed by atoms with Crippen molar-refractivity contribution in [2.45, 2.75) is 31.4 Å². The normalized spacial score (nSPS) is 13.5. The topological polar surface area (TPSA) is 76.1 Å². The Morgan fingerprint density at radius 3 is 1.79 bits per heavy atom. The molecule has 0 aromatic heterocycles. The molecule has 0 bridgehead atoms. The number of rotatable bonds is 10. The molecule has 0 aliphatic heterocycles. The smallest absolute Gasteiger partial charge is 0.220 e. The van der Waals surface area contributed by atoms with Crippen molar-refractivity contribution in [1.82, 2.24) is 4.31 Å². The van der Waals surface area contributed by atoms with E-state index in [1.807, 2.05) is 0 Å². The number of ether oxygens (including phenoxy) is 2. The number of hydrogen-bond donors (Lipinski definition) is 1. The number of aliphatic hydroxyl groups excluding tert-OH is 1. The summed E-state index contributed by atoms with van der Waals surface area (Å²) >= 11 is 3.22. The maximum absolute atomic E-state index is 13.7. The highest BCUT2D eigenvalue weighted by molar-refractivity contribution is 9.10. The van der Waals surface area contributed by atoms with E-state index in [-0.39, 0.29) is 13.1 Å². The highest BCUT2D eigenvalue weighted by Gasteiger charge is 2.35. The van der Waals surface area contributed by atoms with Crippen LogP contribution in [0.5, 0.6) is 11.5 Å². The lowest BCUT2D eigenvalue weighted by atomic mass is 10.1. The summed E-state index contributed by atoms with van der Waals surface area (Å²) in [6.45, 7) is 1.64. The highest BCUT2D eigenvalue weighted by Crippen LogP contribution is 2.31. The van der Waals surface area contributed by atoms with Crippen LogP contribution >= 0.6 is 15.9 Å². The number of aliphatic hydroxyl groups is 1. The van der Waals surface area contributed by atoms with E-state index in [1.165, 1.54) is 29.4 Å². The Kier molecular flexibility index (Phi) is 8.70. The first kappa shape index (κ1) is 26.2. The molecule has 0 aliphatic rings. The average molecular weight is 552 g/mol. The second kappa shape index (κ2) is 11.3. The molecule has 0 heterocycles. The molecule has 182 valence electrons. The molecule has 6 nitrogen and oxygen atoms in total. The minimum atomic E-state index is -4.00. The Morgan fingerprint density at radius 2 is 1.38 bits per heavy atom. The fraction of sp³-hybridized carbons (Fsp3) is 0.280. The van der Waals surface area contributed by atoms with Crippen LogP contribution in [0.25, 0.3) is 0 Å². The first-order valence-corrected chi connectivity index (χ1v) is 12.8. The van der Waals surface area contributed by atoms with Crippen LogP contribution in [0.4, 0.5) is 4.39 Å². The van der Waals surface area contributed by atoms with Gasteiger partial charge < -0.3 is 14.6 Å². The Balaban J connectivity index is 1.93.